The van der Waals surface area contributed by atoms with Crippen LogP contribution in [0.4, 0.5) is 0 Å². The highest BCUT2D eigenvalue weighted by molar-refractivity contribution is 6.05. The molecule has 0 aliphatic heterocycles. The predicted molar refractivity (Wildman–Crippen MR) is 95.0 cm³/mol. The average Bonchev–Trinajstić information content (AvgIpc) is 3.33. The van der Waals surface area contributed by atoms with Crippen LogP contribution in [0.15, 0.2) is 49.2 Å². The van der Waals surface area contributed by atoms with E-state index in [4.69, 9.17) is 4.74 Å². The molecular formula is C18H17N5O4. The summed E-state index contributed by atoms with van der Waals surface area (Å²) >= 11 is 0. The molecule has 0 saturated carbocycles. The fraction of sp³-hybridized carbons (Fsp3) is 0.167. The second kappa shape index (κ2) is 8.09. The molecule has 0 spiro atoms. The van der Waals surface area contributed by atoms with E-state index in [1.54, 1.807) is 30.1 Å². The number of carbonyl (C=O) groups is 2. The van der Waals surface area contributed by atoms with Crippen LogP contribution in [0.1, 0.15) is 39.2 Å². The summed E-state index contributed by atoms with van der Waals surface area (Å²) in [5.74, 6) is -1.35. The summed E-state index contributed by atoms with van der Waals surface area (Å²) in [4.78, 5) is 32.0. The van der Waals surface area contributed by atoms with E-state index in [0.717, 1.165) is 11.6 Å². The number of nitrogens with one attached hydrogen (secondary N) is 1. The Labute approximate surface area is 154 Å². The number of aliphatic hydroxyl groups is 1. The van der Waals surface area contributed by atoms with E-state index in [2.05, 4.69) is 20.2 Å². The number of allylic oxidation sites excluding steroid dienone is 1. The molecule has 0 aromatic carbocycles. The third-order valence-corrected chi connectivity index (χ3v) is 3.70. The Kier molecular flexibility index (Phi) is 5.41. The van der Waals surface area contributed by atoms with Crippen molar-refractivity contribution < 1.29 is 19.4 Å². The molecule has 2 N–H and O–H groups in total. The molecule has 0 aliphatic carbocycles. The number of aromatic amines is 1. The zero-order valence-corrected chi connectivity index (χ0v) is 14.5. The first-order valence-electron chi connectivity index (χ1n) is 8.15. The number of hydrogen-bond donors (Lipinski definition) is 2. The number of nitrogens with zero attached hydrogens (tertiary/aromatic N) is 4. The molecule has 0 atom stereocenters. The molecule has 3 aromatic rings. The lowest BCUT2D eigenvalue weighted by Crippen LogP contribution is -2.12. The second-order valence-corrected chi connectivity index (χ2v) is 5.55. The van der Waals surface area contributed by atoms with Crippen molar-refractivity contribution in [1.82, 2.24) is 24.7 Å². The number of carbonyl (C=O) groups excluding carboxylic acids is 2. The monoisotopic (exact) mass is 367 g/mol. The summed E-state index contributed by atoms with van der Waals surface area (Å²) in [6.07, 6.45) is 7.09. The molecule has 0 radical (unpaired) electrons. The summed E-state index contributed by atoms with van der Waals surface area (Å²) < 4.78 is 6.72. The largest absolute Gasteiger partial charge is 0.507 e. The highest BCUT2D eigenvalue weighted by Gasteiger charge is 2.18. The Morgan fingerprint density at radius 3 is 2.78 bits per heavy atom. The van der Waals surface area contributed by atoms with Gasteiger partial charge in [0.25, 0.3) is 0 Å². The number of H-pyrrole nitrogens is 1. The fourth-order valence-corrected chi connectivity index (χ4v) is 2.44. The summed E-state index contributed by atoms with van der Waals surface area (Å²) in [5.41, 5.74) is 1.48. The normalized spacial score (nSPS) is 11.4. The van der Waals surface area contributed by atoms with E-state index in [1.165, 1.54) is 12.4 Å². The van der Waals surface area contributed by atoms with Gasteiger partial charge in [0.1, 0.15) is 17.8 Å². The molecule has 0 bridgehead atoms. The lowest BCUT2D eigenvalue weighted by Gasteiger charge is -2.08. The Morgan fingerprint density at radius 2 is 2.11 bits per heavy atom. The van der Waals surface area contributed by atoms with Gasteiger partial charge < -0.3 is 14.4 Å². The number of aliphatic hydroxyl groups excluding tert-OH is 1. The molecule has 27 heavy (non-hydrogen) atoms. The van der Waals surface area contributed by atoms with Crippen molar-refractivity contribution >= 4 is 17.5 Å². The molecular weight excluding hydrogens is 350 g/mol. The molecule has 9 heteroatoms. The van der Waals surface area contributed by atoms with Crippen LogP contribution in [0.5, 0.6) is 0 Å². The van der Waals surface area contributed by atoms with Gasteiger partial charge >= 0.3 is 5.97 Å². The van der Waals surface area contributed by atoms with Crippen LogP contribution in [0.2, 0.25) is 0 Å². The number of esters is 1. The Morgan fingerprint density at radius 1 is 1.33 bits per heavy atom. The van der Waals surface area contributed by atoms with Gasteiger partial charge in [-0.15, -0.1) is 0 Å². The minimum Gasteiger partial charge on any atom is -0.507 e. The third kappa shape index (κ3) is 4.27. The summed E-state index contributed by atoms with van der Waals surface area (Å²) in [5, 5.41) is 16.3. The van der Waals surface area contributed by atoms with Crippen LogP contribution in [-0.2, 0) is 11.3 Å². The minimum atomic E-state index is -0.537. The molecule has 3 rings (SSSR count). The van der Waals surface area contributed by atoms with E-state index >= 15 is 0 Å². The van der Waals surface area contributed by atoms with Gasteiger partial charge in [-0.05, 0) is 30.7 Å². The van der Waals surface area contributed by atoms with Crippen LogP contribution < -0.4 is 0 Å². The molecule has 0 fully saturated rings. The molecule has 0 aliphatic rings. The van der Waals surface area contributed by atoms with Crippen LogP contribution in [0.25, 0.3) is 5.76 Å². The first-order chi connectivity index (χ1) is 13.1. The smallest absolute Gasteiger partial charge is 0.354 e. The average molecular weight is 367 g/mol. The molecule has 138 valence electrons. The van der Waals surface area contributed by atoms with Crippen molar-refractivity contribution in [2.75, 3.05) is 6.61 Å². The Hall–Kier alpha value is -3.75. The van der Waals surface area contributed by atoms with Gasteiger partial charge in [0, 0.05) is 36.8 Å². The number of ketones is 1. The molecule has 0 unspecified atom stereocenters. The first kappa shape index (κ1) is 18.1. The van der Waals surface area contributed by atoms with Crippen LogP contribution in [-0.4, -0.2) is 48.2 Å². The number of aromatic nitrogens is 5. The third-order valence-electron chi connectivity index (χ3n) is 3.70. The maximum absolute atomic E-state index is 12.3. The van der Waals surface area contributed by atoms with Gasteiger partial charge in [-0.2, -0.15) is 5.10 Å². The molecule has 0 saturated heterocycles. The van der Waals surface area contributed by atoms with Gasteiger partial charge in [0.05, 0.1) is 6.61 Å². The zero-order chi connectivity index (χ0) is 19.2. The first-order valence-corrected chi connectivity index (χ1v) is 8.15. The summed E-state index contributed by atoms with van der Waals surface area (Å²) in [6.45, 7) is 2.31. The topological polar surface area (TPSA) is 123 Å². The van der Waals surface area contributed by atoms with Crippen molar-refractivity contribution in [3.8, 4) is 0 Å². The van der Waals surface area contributed by atoms with Gasteiger partial charge in [0.15, 0.2) is 5.82 Å². The van der Waals surface area contributed by atoms with E-state index in [-0.39, 0.29) is 23.9 Å². The fourth-order valence-electron chi connectivity index (χ4n) is 2.44. The van der Waals surface area contributed by atoms with Gasteiger partial charge in [-0.1, -0.05) is 0 Å². The Balaban J connectivity index is 1.92. The lowest BCUT2D eigenvalue weighted by molar-refractivity contribution is 0.0514. The predicted octanol–water partition coefficient (Wildman–Crippen LogP) is 2.01. The number of rotatable bonds is 7. The van der Waals surface area contributed by atoms with Gasteiger partial charge in [-0.25, -0.2) is 9.78 Å². The van der Waals surface area contributed by atoms with Crippen molar-refractivity contribution in [2.24, 2.45) is 0 Å². The molecule has 9 nitrogen and oxygen atoms in total. The standard InChI is InChI=1S/C18H17N5O4/c1-2-27-18(26)14-7-13(10-23(14)9-12-3-5-19-6-4-12)15(24)8-16(25)17-20-11-21-22-17/h3-8,10-11,24H,2,9H2,1H3,(H,20,21,22). The second-order valence-electron chi connectivity index (χ2n) is 5.55. The zero-order valence-electron chi connectivity index (χ0n) is 14.5. The van der Waals surface area contributed by atoms with Crippen molar-refractivity contribution in [3.63, 3.8) is 0 Å². The minimum absolute atomic E-state index is 0.00313. The van der Waals surface area contributed by atoms with E-state index in [9.17, 15) is 14.7 Å². The molecule has 3 heterocycles. The molecule has 0 amide bonds. The van der Waals surface area contributed by atoms with Crippen LogP contribution in [0.3, 0.4) is 0 Å². The van der Waals surface area contributed by atoms with Crippen molar-refractivity contribution in [3.05, 3.63) is 71.8 Å². The van der Waals surface area contributed by atoms with Gasteiger partial charge in [-0.3, -0.25) is 14.9 Å². The van der Waals surface area contributed by atoms with E-state index in [0.29, 0.717) is 12.1 Å². The summed E-state index contributed by atoms with van der Waals surface area (Å²) in [7, 11) is 0. The van der Waals surface area contributed by atoms with Crippen molar-refractivity contribution in [1.29, 1.82) is 0 Å². The number of pyridine rings is 1. The Bertz CT molecular complexity index is 961. The van der Waals surface area contributed by atoms with Crippen LogP contribution >= 0.6 is 0 Å². The highest BCUT2D eigenvalue weighted by Crippen LogP contribution is 2.19. The SMILES string of the molecule is CCOC(=O)c1cc(C(O)=CC(=O)c2ncn[nH]2)cn1Cc1ccncc1. The van der Waals surface area contributed by atoms with Gasteiger partial charge in [0.2, 0.25) is 5.78 Å². The van der Waals surface area contributed by atoms with Crippen LogP contribution in [0, 0.1) is 0 Å². The van der Waals surface area contributed by atoms with E-state index in [1.807, 2.05) is 12.1 Å². The quantitative estimate of drug-likeness (QED) is 0.283. The maximum atomic E-state index is 12.3. The number of hydrogen-bond acceptors (Lipinski definition) is 7. The molecule has 3 aromatic heterocycles. The van der Waals surface area contributed by atoms with Crippen molar-refractivity contribution in [2.45, 2.75) is 13.5 Å². The number of ether oxygens (including phenoxy) is 1. The maximum Gasteiger partial charge on any atom is 0.354 e. The highest BCUT2D eigenvalue weighted by atomic mass is 16.5. The summed E-state index contributed by atoms with van der Waals surface area (Å²) in [6, 6.07) is 5.11. The lowest BCUT2D eigenvalue weighted by atomic mass is 10.2. The van der Waals surface area contributed by atoms with E-state index < -0.39 is 11.8 Å².